The number of hydrogen-bond donors (Lipinski definition) is 1. The SMILES string of the molecule is CC[C@H](C)[C@H](N)c1nc(C2CSCCN2C)no1. The van der Waals surface area contributed by atoms with Crippen LogP contribution in [-0.2, 0) is 0 Å². The van der Waals surface area contributed by atoms with E-state index in [0.29, 0.717) is 11.8 Å². The van der Waals surface area contributed by atoms with E-state index in [0.717, 1.165) is 24.5 Å². The minimum absolute atomic E-state index is 0.155. The summed E-state index contributed by atoms with van der Waals surface area (Å²) in [7, 11) is 2.11. The summed E-state index contributed by atoms with van der Waals surface area (Å²) in [4.78, 5) is 6.77. The highest BCUT2D eigenvalue weighted by Gasteiger charge is 2.27. The number of thioether (sulfide) groups is 1. The molecule has 0 aromatic carbocycles. The molecule has 18 heavy (non-hydrogen) atoms. The highest BCUT2D eigenvalue weighted by Crippen LogP contribution is 2.28. The van der Waals surface area contributed by atoms with E-state index in [1.807, 2.05) is 11.8 Å². The fourth-order valence-electron chi connectivity index (χ4n) is 1.97. The van der Waals surface area contributed by atoms with Crippen molar-refractivity contribution < 1.29 is 4.52 Å². The van der Waals surface area contributed by atoms with Gasteiger partial charge in [-0.2, -0.15) is 16.7 Å². The van der Waals surface area contributed by atoms with E-state index in [1.54, 1.807) is 0 Å². The molecular formula is C12H22N4OS. The normalized spacial score (nSPS) is 25.0. The maximum atomic E-state index is 6.11. The van der Waals surface area contributed by atoms with E-state index in [2.05, 4.69) is 35.9 Å². The van der Waals surface area contributed by atoms with Crippen LogP contribution >= 0.6 is 11.8 Å². The summed E-state index contributed by atoms with van der Waals surface area (Å²) in [5.41, 5.74) is 6.11. The van der Waals surface area contributed by atoms with Gasteiger partial charge >= 0.3 is 0 Å². The molecule has 3 atom stereocenters. The highest BCUT2D eigenvalue weighted by atomic mass is 32.2. The molecule has 1 aromatic heterocycles. The predicted molar refractivity (Wildman–Crippen MR) is 73.4 cm³/mol. The topological polar surface area (TPSA) is 68.2 Å². The van der Waals surface area contributed by atoms with E-state index < -0.39 is 0 Å². The molecule has 0 saturated carbocycles. The van der Waals surface area contributed by atoms with Gasteiger partial charge in [0.1, 0.15) is 0 Å². The molecule has 1 unspecified atom stereocenters. The Morgan fingerprint density at radius 2 is 2.39 bits per heavy atom. The van der Waals surface area contributed by atoms with Crippen molar-refractivity contribution in [1.82, 2.24) is 15.0 Å². The molecule has 0 aliphatic carbocycles. The minimum Gasteiger partial charge on any atom is -0.338 e. The van der Waals surface area contributed by atoms with Crippen LogP contribution in [0.5, 0.6) is 0 Å². The van der Waals surface area contributed by atoms with Gasteiger partial charge in [-0.3, -0.25) is 4.90 Å². The number of aromatic nitrogens is 2. The van der Waals surface area contributed by atoms with Crippen LogP contribution in [0.4, 0.5) is 0 Å². The van der Waals surface area contributed by atoms with E-state index in [4.69, 9.17) is 10.3 Å². The first-order chi connectivity index (χ1) is 8.63. The zero-order chi connectivity index (χ0) is 13.1. The van der Waals surface area contributed by atoms with Crippen LogP contribution < -0.4 is 5.73 Å². The second-order valence-electron chi connectivity index (χ2n) is 4.97. The lowest BCUT2D eigenvalue weighted by atomic mass is 10.0. The number of nitrogens with zero attached hydrogens (tertiary/aromatic N) is 3. The Kier molecular flexibility index (Phi) is 4.64. The average Bonchev–Trinajstić information content (AvgIpc) is 2.87. The van der Waals surface area contributed by atoms with Gasteiger partial charge < -0.3 is 10.3 Å². The van der Waals surface area contributed by atoms with Crippen LogP contribution in [0.25, 0.3) is 0 Å². The second-order valence-corrected chi connectivity index (χ2v) is 6.12. The quantitative estimate of drug-likeness (QED) is 0.900. The first-order valence-electron chi connectivity index (χ1n) is 6.50. The lowest BCUT2D eigenvalue weighted by Crippen LogP contribution is -2.33. The van der Waals surface area contributed by atoms with Crippen molar-refractivity contribution in [2.45, 2.75) is 32.4 Å². The zero-order valence-corrected chi connectivity index (χ0v) is 12.1. The van der Waals surface area contributed by atoms with Crippen molar-refractivity contribution in [2.75, 3.05) is 25.1 Å². The summed E-state index contributed by atoms with van der Waals surface area (Å²) in [6, 6.07) is 0.100. The number of hydrogen-bond acceptors (Lipinski definition) is 6. The number of rotatable bonds is 4. The lowest BCUT2D eigenvalue weighted by molar-refractivity contribution is 0.254. The van der Waals surface area contributed by atoms with Gasteiger partial charge in [-0.15, -0.1) is 0 Å². The minimum atomic E-state index is -0.155. The molecule has 2 rings (SSSR count). The third-order valence-corrected chi connectivity index (χ3v) is 4.72. The van der Waals surface area contributed by atoms with Crippen LogP contribution in [0.1, 0.15) is 44.1 Å². The fraction of sp³-hybridized carbons (Fsp3) is 0.833. The van der Waals surface area contributed by atoms with E-state index in [-0.39, 0.29) is 12.1 Å². The van der Waals surface area contributed by atoms with Gasteiger partial charge in [0.2, 0.25) is 5.89 Å². The summed E-state index contributed by atoms with van der Waals surface area (Å²) in [5.74, 6) is 3.90. The molecule has 1 aliphatic rings. The van der Waals surface area contributed by atoms with Gasteiger partial charge in [0, 0.05) is 18.1 Å². The Bertz CT molecular complexity index is 384. The van der Waals surface area contributed by atoms with E-state index in [9.17, 15) is 0 Å². The molecule has 2 heterocycles. The van der Waals surface area contributed by atoms with Gasteiger partial charge in [0.05, 0.1) is 12.1 Å². The van der Waals surface area contributed by atoms with Crippen LogP contribution in [0.2, 0.25) is 0 Å². The Labute approximate surface area is 112 Å². The van der Waals surface area contributed by atoms with Crippen molar-refractivity contribution in [1.29, 1.82) is 0 Å². The van der Waals surface area contributed by atoms with Crippen molar-refractivity contribution >= 4 is 11.8 Å². The molecule has 1 aromatic rings. The highest BCUT2D eigenvalue weighted by molar-refractivity contribution is 7.99. The molecule has 1 aliphatic heterocycles. The Balaban J connectivity index is 2.09. The lowest BCUT2D eigenvalue weighted by Gasteiger charge is -2.29. The largest absolute Gasteiger partial charge is 0.338 e. The predicted octanol–water partition coefficient (Wildman–Crippen LogP) is 1.84. The molecule has 1 saturated heterocycles. The standard InChI is InChI=1S/C12H22N4OS/c1-4-8(2)10(13)12-14-11(15-17-12)9-7-18-6-5-16(9)3/h8-10H,4-7,13H2,1-3H3/t8-,9?,10-/m0/s1. The van der Waals surface area contributed by atoms with Crippen LogP contribution in [-0.4, -0.2) is 40.1 Å². The summed E-state index contributed by atoms with van der Waals surface area (Å²) in [5, 5.41) is 4.11. The van der Waals surface area contributed by atoms with Gasteiger partial charge in [-0.1, -0.05) is 25.4 Å². The second kappa shape index (κ2) is 6.04. The monoisotopic (exact) mass is 270 g/mol. The van der Waals surface area contributed by atoms with Crippen LogP contribution in [0.3, 0.4) is 0 Å². The molecule has 0 radical (unpaired) electrons. The smallest absolute Gasteiger partial charge is 0.243 e. The molecular weight excluding hydrogens is 248 g/mol. The molecule has 0 spiro atoms. The van der Waals surface area contributed by atoms with Gasteiger partial charge in [-0.05, 0) is 13.0 Å². The Hall–Kier alpha value is -0.590. The summed E-state index contributed by atoms with van der Waals surface area (Å²) >= 11 is 1.94. The van der Waals surface area contributed by atoms with Crippen molar-refractivity contribution in [3.63, 3.8) is 0 Å². The first kappa shape index (κ1) is 13.8. The third-order valence-electron chi connectivity index (χ3n) is 3.69. The van der Waals surface area contributed by atoms with Crippen LogP contribution in [0, 0.1) is 5.92 Å². The van der Waals surface area contributed by atoms with Crippen molar-refractivity contribution in [3.05, 3.63) is 11.7 Å². The molecule has 102 valence electrons. The molecule has 1 fully saturated rings. The molecule has 2 N–H and O–H groups in total. The van der Waals surface area contributed by atoms with Crippen LogP contribution in [0.15, 0.2) is 4.52 Å². The van der Waals surface area contributed by atoms with E-state index >= 15 is 0 Å². The maximum absolute atomic E-state index is 6.11. The Morgan fingerprint density at radius 3 is 3.06 bits per heavy atom. The summed E-state index contributed by atoms with van der Waals surface area (Å²) < 4.78 is 5.33. The average molecular weight is 270 g/mol. The zero-order valence-electron chi connectivity index (χ0n) is 11.3. The first-order valence-corrected chi connectivity index (χ1v) is 7.66. The molecule has 5 nitrogen and oxygen atoms in total. The summed E-state index contributed by atoms with van der Waals surface area (Å²) in [6.07, 6.45) is 1.01. The summed E-state index contributed by atoms with van der Waals surface area (Å²) in [6.45, 7) is 5.29. The van der Waals surface area contributed by atoms with Gasteiger partial charge in [-0.25, -0.2) is 0 Å². The van der Waals surface area contributed by atoms with E-state index in [1.165, 1.54) is 5.75 Å². The van der Waals surface area contributed by atoms with Crippen molar-refractivity contribution in [3.8, 4) is 0 Å². The third kappa shape index (κ3) is 2.87. The van der Waals surface area contributed by atoms with Gasteiger partial charge in [0.25, 0.3) is 0 Å². The fourth-order valence-corrected chi connectivity index (χ4v) is 3.18. The van der Waals surface area contributed by atoms with Gasteiger partial charge in [0.15, 0.2) is 5.82 Å². The molecule has 6 heteroatoms. The van der Waals surface area contributed by atoms with Crippen molar-refractivity contribution in [2.24, 2.45) is 11.7 Å². The molecule has 0 bridgehead atoms. The number of nitrogens with two attached hydrogens (primary N) is 1. The Morgan fingerprint density at radius 1 is 1.61 bits per heavy atom. The molecule has 0 amide bonds. The maximum Gasteiger partial charge on any atom is 0.243 e.